The maximum atomic E-state index is 5.29. The van der Waals surface area contributed by atoms with Crippen LogP contribution in [-0.2, 0) is 0 Å². The molecule has 0 saturated heterocycles. The number of methoxy groups -OCH3 is 1. The molecule has 0 saturated carbocycles. The van der Waals surface area contributed by atoms with Gasteiger partial charge in [-0.2, -0.15) is 0 Å². The summed E-state index contributed by atoms with van der Waals surface area (Å²) in [6, 6.07) is 2.69. The van der Waals surface area contributed by atoms with Gasteiger partial charge in [0.05, 0.1) is 7.11 Å². The molecule has 1 aromatic heterocycles. The van der Waals surface area contributed by atoms with E-state index in [-0.39, 0.29) is 0 Å². The van der Waals surface area contributed by atoms with Gasteiger partial charge in [-0.1, -0.05) is 46.0 Å². The van der Waals surface area contributed by atoms with Crippen LogP contribution in [0.25, 0.3) is 0 Å². The summed E-state index contributed by atoms with van der Waals surface area (Å²) < 4.78 is 5.29. The molecule has 1 aromatic rings. The second-order valence-corrected chi connectivity index (χ2v) is 6.04. The predicted molar refractivity (Wildman–Crippen MR) is 85.3 cm³/mol. The van der Waals surface area contributed by atoms with Crippen LogP contribution in [0.3, 0.4) is 0 Å². The minimum absolute atomic E-state index is 0.510. The zero-order valence-corrected chi connectivity index (χ0v) is 13.5. The van der Waals surface area contributed by atoms with E-state index in [9.17, 15) is 0 Å². The van der Waals surface area contributed by atoms with Crippen molar-refractivity contribution in [2.75, 3.05) is 13.7 Å². The maximum absolute atomic E-state index is 5.29. The molecule has 0 aliphatic rings. The second-order valence-electron chi connectivity index (χ2n) is 5.10. The lowest BCUT2D eigenvalue weighted by Gasteiger charge is -2.17. The first-order chi connectivity index (χ1) is 9.31. The zero-order chi connectivity index (χ0) is 13.9. The number of rotatable bonds is 11. The monoisotopic (exact) mass is 283 g/mol. The molecule has 2 nitrogen and oxygen atoms in total. The van der Waals surface area contributed by atoms with Crippen molar-refractivity contribution in [2.45, 2.75) is 64.8 Å². The van der Waals surface area contributed by atoms with Crippen molar-refractivity contribution in [3.63, 3.8) is 0 Å². The molecular weight excluding hydrogens is 254 g/mol. The van der Waals surface area contributed by atoms with Gasteiger partial charge in [0, 0.05) is 16.3 Å². The Labute approximate surface area is 122 Å². The number of hydrogen-bond donors (Lipinski definition) is 1. The number of unbranched alkanes of at least 4 members (excludes halogenated alkanes) is 4. The Morgan fingerprint density at radius 3 is 2.58 bits per heavy atom. The van der Waals surface area contributed by atoms with E-state index in [2.05, 4.69) is 30.6 Å². The van der Waals surface area contributed by atoms with Gasteiger partial charge in [-0.05, 0) is 25.5 Å². The highest BCUT2D eigenvalue weighted by Crippen LogP contribution is 2.30. The van der Waals surface area contributed by atoms with E-state index < -0.39 is 0 Å². The molecule has 0 aliphatic carbocycles. The summed E-state index contributed by atoms with van der Waals surface area (Å²) in [5.41, 5.74) is 0. The van der Waals surface area contributed by atoms with Crippen LogP contribution in [0.5, 0.6) is 5.75 Å². The standard InChI is InChI=1S/C16H29NOS/c1-4-6-7-8-9-10-15(17-11-5-2)16-12-14(18-3)13-19-16/h12-13,15,17H,4-11H2,1-3H3. The first kappa shape index (κ1) is 16.5. The molecular formula is C16H29NOS. The summed E-state index contributed by atoms with van der Waals surface area (Å²) in [5.74, 6) is 0.995. The number of nitrogens with one attached hydrogen (secondary N) is 1. The van der Waals surface area contributed by atoms with Crippen LogP contribution < -0.4 is 10.1 Å². The Balaban J connectivity index is 2.41. The van der Waals surface area contributed by atoms with Crippen LogP contribution in [0.2, 0.25) is 0 Å². The van der Waals surface area contributed by atoms with Gasteiger partial charge in [0.25, 0.3) is 0 Å². The summed E-state index contributed by atoms with van der Waals surface area (Å²) in [6.45, 7) is 5.59. The zero-order valence-electron chi connectivity index (χ0n) is 12.7. The van der Waals surface area contributed by atoms with Crippen molar-refractivity contribution >= 4 is 11.3 Å². The van der Waals surface area contributed by atoms with E-state index in [0.29, 0.717) is 6.04 Å². The fourth-order valence-corrected chi connectivity index (χ4v) is 3.21. The van der Waals surface area contributed by atoms with Crippen LogP contribution in [0.1, 0.15) is 69.7 Å². The highest BCUT2D eigenvalue weighted by atomic mass is 32.1. The SMILES string of the molecule is CCCCCCCC(NCCC)c1cc(OC)cs1. The summed E-state index contributed by atoms with van der Waals surface area (Å²) in [6.07, 6.45) is 9.19. The van der Waals surface area contributed by atoms with Gasteiger partial charge in [-0.25, -0.2) is 0 Å². The molecule has 0 spiro atoms. The third-order valence-electron chi connectivity index (χ3n) is 3.41. The Bertz CT molecular complexity index is 324. The largest absolute Gasteiger partial charge is 0.496 e. The molecule has 0 aliphatic heterocycles. The lowest BCUT2D eigenvalue weighted by atomic mass is 10.0. The summed E-state index contributed by atoms with van der Waals surface area (Å²) >= 11 is 1.81. The Morgan fingerprint density at radius 1 is 1.16 bits per heavy atom. The molecule has 19 heavy (non-hydrogen) atoms. The maximum Gasteiger partial charge on any atom is 0.129 e. The van der Waals surface area contributed by atoms with E-state index in [1.807, 2.05) is 11.3 Å². The Morgan fingerprint density at radius 2 is 1.95 bits per heavy atom. The highest BCUT2D eigenvalue weighted by molar-refractivity contribution is 7.10. The quantitative estimate of drug-likeness (QED) is 0.566. The van der Waals surface area contributed by atoms with Crippen LogP contribution in [0.4, 0.5) is 0 Å². The van der Waals surface area contributed by atoms with E-state index >= 15 is 0 Å². The van der Waals surface area contributed by atoms with E-state index in [1.165, 1.54) is 49.8 Å². The van der Waals surface area contributed by atoms with Gasteiger partial charge >= 0.3 is 0 Å². The van der Waals surface area contributed by atoms with Gasteiger partial charge in [-0.3, -0.25) is 0 Å². The first-order valence-corrected chi connectivity index (χ1v) is 8.55. The lowest BCUT2D eigenvalue weighted by Crippen LogP contribution is -2.21. The molecule has 1 N–H and O–H groups in total. The molecule has 0 aromatic carbocycles. The van der Waals surface area contributed by atoms with Gasteiger partial charge in [-0.15, -0.1) is 11.3 Å². The number of hydrogen-bond acceptors (Lipinski definition) is 3. The molecule has 0 bridgehead atoms. The molecule has 1 rings (SSSR count). The van der Waals surface area contributed by atoms with Gasteiger partial charge in [0.1, 0.15) is 5.75 Å². The van der Waals surface area contributed by atoms with Crippen molar-refractivity contribution in [2.24, 2.45) is 0 Å². The Kier molecular flexibility index (Phi) is 8.93. The fraction of sp³-hybridized carbons (Fsp3) is 0.750. The Hall–Kier alpha value is -0.540. The smallest absolute Gasteiger partial charge is 0.129 e. The molecule has 1 heterocycles. The van der Waals surface area contributed by atoms with Crippen LogP contribution >= 0.6 is 11.3 Å². The van der Waals surface area contributed by atoms with Crippen molar-refractivity contribution in [3.8, 4) is 5.75 Å². The average Bonchev–Trinajstić information content (AvgIpc) is 2.90. The minimum atomic E-state index is 0.510. The summed E-state index contributed by atoms with van der Waals surface area (Å²) in [4.78, 5) is 1.42. The first-order valence-electron chi connectivity index (χ1n) is 7.67. The normalized spacial score (nSPS) is 12.6. The minimum Gasteiger partial charge on any atom is -0.496 e. The molecule has 0 fully saturated rings. The number of ether oxygens (including phenoxy) is 1. The molecule has 1 atom stereocenters. The van der Waals surface area contributed by atoms with E-state index in [1.54, 1.807) is 7.11 Å². The third kappa shape index (κ3) is 6.44. The summed E-state index contributed by atoms with van der Waals surface area (Å²) in [5, 5.41) is 5.77. The molecule has 1 unspecified atom stereocenters. The van der Waals surface area contributed by atoms with E-state index in [4.69, 9.17) is 4.74 Å². The van der Waals surface area contributed by atoms with Crippen LogP contribution in [0.15, 0.2) is 11.4 Å². The highest BCUT2D eigenvalue weighted by Gasteiger charge is 2.13. The van der Waals surface area contributed by atoms with E-state index in [0.717, 1.165) is 12.3 Å². The molecule has 3 heteroatoms. The molecule has 0 amide bonds. The van der Waals surface area contributed by atoms with Crippen molar-refractivity contribution < 1.29 is 4.74 Å². The number of thiophene rings is 1. The third-order valence-corrected chi connectivity index (χ3v) is 4.44. The van der Waals surface area contributed by atoms with Gasteiger partial charge in [0.15, 0.2) is 0 Å². The molecule has 0 radical (unpaired) electrons. The van der Waals surface area contributed by atoms with Crippen molar-refractivity contribution in [1.29, 1.82) is 0 Å². The van der Waals surface area contributed by atoms with Gasteiger partial charge < -0.3 is 10.1 Å². The van der Waals surface area contributed by atoms with Crippen molar-refractivity contribution in [3.05, 3.63) is 16.3 Å². The fourth-order valence-electron chi connectivity index (χ4n) is 2.24. The topological polar surface area (TPSA) is 21.3 Å². The molecule has 110 valence electrons. The summed E-state index contributed by atoms with van der Waals surface area (Å²) in [7, 11) is 1.74. The predicted octanol–water partition coefficient (Wildman–Crippen LogP) is 5.16. The van der Waals surface area contributed by atoms with Crippen LogP contribution in [-0.4, -0.2) is 13.7 Å². The van der Waals surface area contributed by atoms with Crippen LogP contribution in [0, 0.1) is 0 Å². The lowest BCUT2D eigenvalue weighted by molar-refractivity contribution is 0.415. The second kappa shape index (κ2) is 10.3. The van der Waals surface area contributed by atoms with Gasteiger partial charge in [0.2, 0.25) is 0 Å². The van der Waals surface area contributed by atoms with Crippen molar-refractivity contribution in [1.82, 2.24) is 5.32 Å². The average molecular weight is 283 g/mol.